The van der Waals surface area contributed by atoms with Gasteiger partial charge in [-0.1, -0.05) is 51.3 Å². The van der Waals surface area contributed by atoms with Crippen molar-refractivity contribution in [1.82, 2.24) is 0 Å². The minimum absolute atomic E-state index is 0.554. The van der Waals surface area contributed by atoms with Gasteiger partial charge >= 0.3 is 0 Å². The summed E-state index contributed by atoms with van der Waals surface area (Å²) in [6.45, 7) is 0. The first-order valence-corrected chi connectivity index (χ1v) is 8.44. The molecule has 2 aromatic rings. The molecule has 0 bridgehead atoms. The fourth-order valence-electron chi connectivity index (χ4n) is 2.98. The van der Waals surface area contributed by atoms with Gasteiger partial charge in [0.05, 0.1) is 5.60 Å². The molecule has 0 saturated carbocycles. The fourth-order valence-corrected chi connectivity index (χ4v) is 3.86. The Labute approximate surface area is 143 Å². The molecular formula is C17H15BrCl2O. The minimum Gasteiger partial charge on any atom is -0.389 e. The van der Waals surface area contributed by atoms with Crippen LogP contribution in [0.2, 0.25) is 10.0 Å². The van der Waals surface area contributed by atoms with E-state index in [-0.39, 0.29) is 0 Å². The maximum atomic E-state index is 10.9. The van der Waals surface area contributed by atoms with E-state index < -0.39 is 5.60 Å². The van der Waals surface area contributed by atoms with Gasteiger partial charge in [-0.05, 0) is 53.8 Å². The maximum absolute atomic E-state index is 10.9. The average molecular weight is 386 g/mol. The number of aliphatic hydroxyl groups is 1. The molecule has 3 rings (SSSR count). The molecule has 0 aromatic heterocycles. The number of rotatable bonds is 2. The number of fused-ring (bicyclic) bond motifs is 1. The van der Waals surface area contributed by atoms with Gasteiger partial charge in [0.25, 0.3) is 0 Å². The molecule has 1 nitrogen and oxygen atoms in total. The van der Waals surface area contributed by atoms with Gasteiger partial charge in [0.1, 0.15) is 0 Å². The molecule has 0 fully saturated rings. The zero-order chi connectivity index (χ0) is 15.0. The predicted molar refractivity (Wildman–Crippen MR) is 91.3 cm³/mol. The van der Waals surface area contributed by atoms with Crippen LogP contribution in [0.4, 0.5) is 0 Å². The van der Waals surface area contributed by atoms with Crippen molar-refractivity contribution in [3.8, 4) is 0 Å². The normalized spacial score (nSPS) is 21.1. The number of benzene rings is 2. The maximum Gasteiger partial charge on any atom is 0.0731 e. The number of halogens is 3. The topological polar surface area (TPSA) is 20.2 Å². The van der Waals surface area contributed by atoms with Crippen LogP contribution >= 0.6 is 39.1 Å². The van der Waals surface area contributed by atoms with Crippen LogP contribution in [0.1, 0.15) is 23.1 Å². The molecule has 0 aliphatic heterocycles. The summed E-state index contributed by atoms with van der Waals surface area (Å²) in [5.41, 5.74) is 2.75. The van der Waals surface area contributed by atoms with E-state index in [2.05, 4.69) is 28.1 Å². The van der Waals surface area contributed by atoms with E-state index >= 15 is 0 Å². The fraction of sp³-hybridized carbons (Fsp3) is 0.294. The largest absolute Gasteiger partial charge is 0.389 e. The Morgan fingerprint density at radius 3 is 2.67 bits per heavy atom. The van der Waals surface area contributed by atoms with Crippen molar-refractivity contribution in [1.29, 1.82) is 0 Å². The highest BCUT2D eigenvalue weighted by Gasteiger charge is 2.32. The summed E-state index contributed by atoms with van der Waals surface area (Å²) >= 11 is 15.7. The first kappa shape index (κ1) is 15.4. The predicted octanol–water partition coefficient (Wildman–Crippen LogP) is 5.22. The Morgan fingerprint density at radius 1 is 1.10 bits per heavy atom. The van der Waals surface area contributed by atoms with Crippen LogP contribution in [0, 0.1) is 0 Å². The molecule has 0 amide bonds. The van der Waals surface area contributed by atoms with Crippen LogP contribution in [0.5, 0.6) is 0 Å². The molecule has 1 aliphatic rings. The molecule has 2 aromatic carbocycles. The number of aryl methyl sites for hydroxylation is 1. The van der Waals surface area contributed by atoms with Crippen molar-refractivity contribution in [2.45, 2.75) is 31.3 Å². The molecular weight excluding hydrogens is 371 g/mol. The third-order valence-corrected chi connectivity index (χ3v) is 5.16. The lowest BCUT2D eigenvalue weighted by Gasteiger charge is -2.34. The summed E-state index contributed by atoms with van der Waals surface area (Å²) < 4.78 is 1.09. The summed E-state index contributed by atoms with van der Waals surface area (Å²) in [6.07, 6.45) is 2.85. The second-order valence-electron chi connectivity index (χ2n) is 5.73. The monoisotopic (exact) mass is 384 g/mol. The van der Waals surface area contributed by atoms with Gasteiger partial charge in [-0.25, -0.2) is 0 Å². The van der Waals surface area contributed by atoms with Crippen LogP contribution in [-0.4, -0.2) is 10.7 Å². The molecule has 0 saturated heterocycles. The highest BCUT2D eigenvalue weighted by Crippen LogP contribution is 2.34. The summed E-state index contributed by atoms with van der Waals surface area (Å²) in [6, 6.07) is 11.7. The third-order valence-electron chi connectivity index (χ3n) is 4.08. The first-order chi connectivity index (χ1) is 9.95. The van der Waals surface area contributed by atoms with Gasteiger partial charge in [-0.15, -0.1) is 0 Å². The van der Waals surface area contributed by atoms with Crippen LogP contribution in [0.25, 0.3) is 0 Å². The van der Waals surface area contributed by atoms with Crippen molar-refractivity contribution in [3.63, 3.8) is 0 Å². The van der Waals surface area contributed by atoms with Crippen LogP contribution in [0.15, 0.2) is 40.9 Å². The van der Waals surface area contributed by atoms with Crippen LogP contribution in [-0.2, 0) is 19.3 Å². The van der Waals surface area contributed by atoms with Crippen LogP contribution < -0.4 is 0 Å². The van der Waals surface area contributed by atoms with Gasteiger partial charge in [-0.3, -0.25) is 0 Å². The first-order valence-electron chi connectivity index (χ1n) is 6.89. The zero-order valence-corrected chi connectivity index (χ0v) is 14.5. The van der Waals surface area contributed by atoms with Crippen molar-refractivity contribution in [2.24, 2.45) is 0 Å². The summed E-state index contributed by atoms with van der Waals surface area (Å²) in [5.74, 6) is 0. The smallest absolute Gasteiger partial charge is 0.0731 e. The van der Waals surface area contributed by atoms with E-state index in [1.54, 1.807) is 6.07 Å². The highest BCUT2D eigenvalue weighted by molar-refractivity contribution is 9.10. The molecule has 0 radical (unpaired) electrons. The molecule has 0 spiro atoms. The molecule has 0 heterocycles. The Balaban J connectivity index is 1.84. The second kappa shape index (κ2) is 5.92. The lowest BCUT2D eigenvalue weighted by atomic mass is 9.77. The molecule has 1 atom stereocenters. The highest BCUT2D eigenvalue weighted by atomic mass is 79.9. The lowest BCUT2D eigenvalue weighted by molar-refractivity contribution is 0.0267. The van der Waals surface area contributed by atoms with E-state index in [1.807, 2.05) is 18.2 Å². The van der Waals surface area contributed by atoms with E-state index in [9.17, 15) is 5.11 Å². The van der Waals surface area contributed by atoms with Crippen molar-refractivity contribution in [3.05, 3.63) is 67.6 Å². The van der Waals surface area contributed by atoms with Gasteiger partial charge in [-0.2, -0.15) is 0 Å². The molecule has 1 unspecified atom stereocenters. The average Bonchev–Trinajstić information content (AvgIpc) is 2.43. The van der Waals surface area contributed by atoms with Crippen LogP contribution in [0.3, 0.4) is 0 Å². The second-order valence-corrected chi connectivity index (χ2v) is 7.49. The van der Waals surface area contributed by atoms with E-state index in [4.69, 9.17) is 23.2 Å². The zero-order valence-electron chi connectivity index (χ0n) is 11.4. The van der Waals surface area contributed by atoms with E-state index in [0.29, 0.717) is 22.9 Å². The van der Waals surface area contributed by atoms with E-state index in [0.717, 1.165) is 22.9 Å². The van der Waals surface area contributed by atoms with Crippen molar-refractivity contribution >= 4 is 39.1 Å². The van der Waals surface area contributed by atoms with Crippen molar-refractivity contribution in [2.75, 3.05) is 0 Å². The quantitative estimate of drug-likeness (QED) is 0.751. The molecule has 1 aliphatic carbocycles. The standard InChI is InChI=1S/C17H15BrCl2O/c18-14-3-1-12-9-17(21,6-5-11(12)7-14)10-13-2-4-15(19)8-16(13)20/h1-4,7-8,21H,5-6,9-10H2. The molecule has 21 heavy (non-hydrogen) atoms. The Morgan fingerprint density at radius 2 is 1.90 bits per heavy atom. The summed E-state index contributed by atoms with van der Waals surface area (Å²) in [5, 5.41) is 12.2. The van der Waals surface area contributed by atoms with Gasteiger partial charge in [0, 0.05) is 27.4 Å². The SMILES string of the molecule is OC1(Cc2ccc(Cl)cc2Cl)CCc2cc(Br)ccc2C1. The van der Waals surface area contributed by atoms with Crippen molar-refractivity contribution < 1.29 is 5.11 Å². The Bertz CT molecular complexity index is 686. The summed E-state index contributed by atoms with van der Waals surface area (Å²) in [4.78, 5) is 0. The minimum atomic E-state index is -0.738. The Kier molecular flexibility index (Phi) is 4.33. The van der Waals surface area contributed by atoms with Gasteiger partial charge in [0.2, 0.25) is 0 Å². The molecule has 4 heteroatoms. The third kappa shape index (κ3) is 3.45. The Hall–Kier alpha value is -0.540. The lowest BCUT2D eigenvalue weighted by Crippen LogP contribution is -2.38. The summed E-state index contributed by atoms with van der Waals surface area (Å²) in [7, 11) is 0. The van der Waals surface area contributed by atoms with E-state index in [1.165, 1.54) is 11.1 Å². The van der Waals surface area contributed by atoms with Gasteiger partial charge in [0.15, 0.2) is 0 Å². The molecule has 110 valence electrons. The molecule has 1 N–H and O–H groups in total. The number of hydrogen-bond acceptors (Lipinski definition) is 1. The number of hydrogen-bond donors (Lipinski definition) is 1. The van der Waals surface area contributed by atoms with Gasteiger partial charge < -0.3 is 5.11 Å².